The number of hydrazone groups is 1. The molecular formula is C15H19N2OS+. The fourth-order valence-corrected chi connectivity index (χ4v) is 4.07. The molecule has 3 rings (SSSR count). The van der Waals surface area contributed by atoms with Crippen LogP contribution in [0.2, 0.25) is 0 Å². The first-order valence-electron chi connectivity index (χ1n) is 7.00. The summed E-state index contributed by atoms with van der Waals surface area (Å²) in [7, 11) is 0. The number of nitrogens with zero attached hydrogens (tertiary/aromatic N) is 1. The maximum atomic E-state index is 12.1. The lowest BCUT2D eigenvalue weighted by molar-refractivity contribution is -0.395. The van der Waals surface area contributed by atoms with Crippen LogP contribution in [0.5, 0.6) is 0 Å². The van der Waals surface area contributed by atoms with Crippen LogP contribution >= 0.6 is 11.9 Å². The minimum absolute atomic E-state index is 0.0270. The van der Waals surface area contributed by atoms with Crippen molar-refractivity contribution < 1.29 is 8.88 Å². The Morgan fingerprint density at radius 2 is 1.95 bits per heavy atom. The second-order valence-electron chi connectivity index (χ2n) is 5.23. The number of carbonyl (C=O) groups is 1. The number of carbonyl (C=O) groups excluding carboxylic acids is 1. The van der Waals surface area contributed by atoms with Gasteiger partial charge in [-0.1, -0.05) is 37.5 Å². The van der Waals surface area contributed by atoms with Crippen molar-refractivity contribution in [3.63, 3.8) is 0 Å². The fourth-order valence-electron chi connectivity index (χ4n) is 2.78. The van der Waals surface area contributed by atoms with Gasteiger partial charge in [-0.25, -0.2) is 0 Å². The molecule has 1 saturated carbocycles. The van der Waals surface area contributed by atoms with Crippen molar-refractivity contribution in [2.75, 3.05) is 0 Å². The zero-order valence-corrected chi connectivity index (χ0v) is 11.7. The first-order valence-corrected chi connectivity index (χ1v) is 7.83. The SMILES string of the molecule is O=C(N[N+]1=CC2CCCCCC2S1)c1ccccc1. The number of rotatable bonds is 2. The van der Waals surface area contributed by atoms with Gasteiger partial charge in [0, 0.05) is 5.56 Å². The highest BCUT2D eigenvalue weighted by molar-refractivity contribution is 7.94. The molecule has 0 saturated heterocycles. The van der Waals surface area contributed by atoms with Crippen LogP contribution < -0.4 is 5.43 Å². The largest absolute Gasteiger partial charge is 0.306 e. The first-order chi connectivity index (χ1) is 9.33. The Kier molecular flexibility index (Phi) is 3.87. The summed E-state index contributed by atoms with van der Waals surface area (Å²) >= 11 is 1.78. The molecule has 3 nitrogen and oxygen atoms in total. The molecule has 1 heterocycles. The van der Waals surface area contributed by atoms with Gasteiger partial charge in [-0.05, 0) is 29.1 Å². The third kappa shape index (κ3) is 3.00. The minimum atomic E-state index is -0.0270. The van der Waals surface area contributed by atoms with Gasteiger partial charge in [-0.2, -0.15) is 0 Å². The van der Waals surface area contributed by atoms with E-state index in [4.69, 9.17) is 0 Å². The summed E-state index contributed by atoms with van der Waals surface area (Å²) in [6, 6.07) is 9.38. The summed E-state index contributed by atoms with van der Waals surface area (Å²) < 4.78 is 1.93. The molecule has 19 heavy (non-hydrogen) atoms. The van der Waals surface area contributed by atoms with Crippen LogP contribution in [0.1, 0.15) is 42.5 Å². The van der Waals surface area contributed by atoms with Crippen molar-refractivity contribution in [2.45, 2.75) is 37.4 Å². The standard InChI is InChI=1S/C15H18N2OS/c18-15(12-7-3-1-4-8-12)16-17-11-13-9-5-2-6-10-14(13)19-17/h1,3-4,7-8,11,13-14H,2,5-6,9-10H2/p+1. The van der Waals surface area contributed by atoms with Gasteiger partial charge in [0.25, 0.3) is 0 Å². The van der Waals surface area contributed by atoms with Crippen molar-refractivity contribution in [1.82, 2.24) is 5.43 Å². The number of amides is 1. The Hall–Kier alpha value is -1.29. The van der Waals surface area contributed by atoms with Crippen LogP contribution in [0.15, 0.2) is 30.3 Å². The van der Waals surface area contributed by atoms with Gasteiger partial charge in [0.15, 0.2) is 18.2 Å². The van der Waals surface area contributed by atoms with Crippen LogP contribution in [0, 0.1) is 5.92 Å². The maximum absolute atomic E-state index is 12.1. The zero-order chi connectivity index (χ0) is 13.1. The molecule has 1 aromatic carbocycles. The highest BCUT2D eigenvalue weighted by atomic mass is 32.2. The fraction of sp³-hybridized carbons (Fsp3) is 0.467. The number of fused-ring (bicyclic) bond motifs is 1. The summed E-state index contributed by atoms with van der Waals surface area (Å²) in [5.41, 5.74) is 3.69. The number of nitrogens with one attached hydrogen (secondary N) is 1. The lowest BCUT2D eigenvalue weighted by Gasteiger charge is -2.05. The van der Waals surface area contributed by atoms with E-state index in [9.17, 15) is 4.79 Å². The van der Waals surface area contributed by atoms with Crippen LogP contribution in [0.4, 0.5) is 0 Å². The molecule has 0 bridgehead atoms. The second-order valence-corrected chi connectivity index (χ2v) is 6.44. The average Bonchev–Trinajstić information content (AvgIpc) is 2.69. The molecule has 0 spiro atoms. The number of benzene rings is 1. The molecule has 1 amide bonds. The monoisotopic (exact) mass is 275 g/mol. The Morgan fingerprint density at radius 3 is 2.79 bits per heavy atom. The number of hydrazine groups is 1. The summed E-state index contributed by atoms with van der Waals surface area (Å²) in [5.74, 6) is 0.601. The summed E-state index contributed by atoms with van der Waals surface area (Å²) in [6.07, 6.45) is 8.72. The third-order valence-corrected chi connectivity index (χ3v) is 5.12. The molecule has 100 valence electrons. The van der Waals surface area contributed by atoms with E-state index in [0.29, 0.717) is 16.7 Å². The van der Waals surface area contributed by atoms with Gasteiger partial charge in [-0.3, -0.25) is 4.79 Å². The van der Waals surface area contributed by atoms with Crippen LogP contribution in [0.3, 0.4) is 0 Å². The van der Waals surface area contributed by atoms with Crippen molar-refractivity contribution in [3.05, 3.63) is 35.9 Å². The van der Waals surface area contributed by atoms with Crippen molar-refractivity contribution in [1.29, 1.82) is 0 Å². The summed E-state index contributed by atoms with van der Waals surface area (Å²) in [6.45, 7) is 0. The lowest BCUT2D eigenvalue weighted by atomic mass is 10.0. The van der Waals surface area contributed by atoms with Crippen molar-refractivity contribution in [2.24, 2.45) is 5.92 Å². The molecule has 1 aliphatic heterocycles. The van der Waals surface area contributed by atoms with E-state index in [1.165, 1.54) is 32.1 Å². The van der Waals surface area contributed by atoms with Gasteiger partial charge in [0.1, 0.15) is 0 Å². The topological polar surface area (TPSA) is 32.1 Å². The van der Waals surface area contributed by atoms with E-state index in [1.807, 2.05) is 34.4 Å². The molecular weight excluding hydrogens is 256 g/mol. The highest BCUT2D eigenvalue weighted by Crippen LogP contribution is 2.35. The normalized spacial score (nSPS) is 26.2. The van der Waals surface area contributed by atoms with Crippen molar-refractivity contribution >= 4 is 24.1 Å². The van der Waals surface area contributed by atoms with E-state index in [2.05, 4.69) is 11.6 Å². The minimum Gasteiger partial charge on any atom is -0.264 e. The van der Waals surface area contributed by atoms with E-state index in [-0.39, 0.29) is 5.91 Å². The quantitative estimate of drug-likeness (QED) is 0.664. The molecule has 4 heteroatoms. The van der Waals surface area contributed by atoms with Gasteiger partial charge >= 0.3 is 5.91 Å². The lowest BCUT2D eigenvalue weighted by Crippen LogP contribution is -2.30. The van der Waals surface area contributed by atoms with E-state index in [1.54, 1.807) is 11.9 Å². The van der Waals surface area contributed by atoms with Crippen molar-refractivity contribution in [3.8, 4) is 0 Å². The predicted octanol–water partition coefficient (Wildman–Crippen LogP) is 3.03. The van der Waals surface area contributed by atoms with Gasteiger partial charge in [0.05, 0.1) is 11.2 Å². The molecule has 0 aromatic heterocycles. The number of hydrogen-bond donors (Lipinski definition) is 1. The Labute approximate surface area is 118 Å². The summed E-state index contributed by atoms with van der Waals surface area (Å²) in [4.78, 5) is 12.1. The molecule has 1 N–H and O–H groups in total. The van der Waals surface area contributed by atoms with Crippen LogP contribution in [0.25, 0.3) is 0 Å². The first kappa shape index (κ1) is 12.7. The molecule has 2 aliphatic rings. The molecule has 2 unspecified atom stereocenters. The van der Waals surface area contributed by atoms with E-state index >= 15 is 0 Å². The van der Waals surface area contributed by atoms with Crippen LogP contribution in [-0.2, 0) is 0 Å². The highest BCUT2D eigenvalue weighted by Gasteiger charge is 2.38. The Balaban J connectivity index is 1.65. The maximum Gasteiger partial charge on any atom is 0.306 e. The van der Waals surface area contributed by atoms with Gasteiger partial charge in [-0.15, -0.1) is 5.43 Å². The molecule has 1 fully saturated rings. The van der Waals surface area contributed by atoms with E-state index in [0.717, 1.165) is 0 Å². The smallest absolute Gasteiger partial charge is 0.264 e. The van der Waals surface area contributed by atoms with Gasteiger partial charge < -0.3 is 0 Å². The van der Waals surface area contributed by atoms with Crippen LogP contribution in [-0.4, -0.2) is 21.5 Å². The predicted molar refractivity (Wildman–Crippen MR) is 78.2 cm³/mol. The molecule has 2 atom stereocenters. The zero-order valence-electron chi connectivity index (χ0n) is 10.9. The third-order valence-electron chi connectivity index (χ3n) is 3.83. The van der Waals surface area contributed by atoms with Gasteiger partial charge in [0.2, 0.25) is 0 Å². The Bertz CT molecular complexity index is 486. The average molecular weight is 275 g/mol. The Morgan fingerprint density at radius 1 is 1.16 bits per heavy atom. The molecule has 1 aromatic rings. The summed E-state index contributed by atoms with van der Waals surface area (Å²) in [5, 5.41) is 0.651. The molecule has 0 radical (unpaired) electrons. The van der Waals surface area contributed by atoms with E-state index < -0.39 is 0 Å². The second kappa shape index (κ2) is 5.78. The molecule has 1 aliphatic carbocycles. The number of hydrogen-bond acceptors (Lipinski definition) is 2.